The van der Waals surface area contributed by atoms with E-state index < -0.39 is 0 Å². The third-order valence-corrected chi connectivity index (χ3v) is 6.91. The molecule has 1 unspecified atom stereocenters. The predicted molar refractivity (Wildman–Crippen MR) is 119 cm³/mol. The number of ether oxygens (including phenoxy) is 1. The van der Waals surface area contributed by atoms with Gasteiger partial charge in [0.25, 0.3) is 0 Å². The molecular weight excluding hydrogens is 400 g/mol. The fraction of sp³-hybridized carbons (Fsp3) is 0.591. The van der Waals surface area contributed by atoms with Gasteiger partial charge in [-0.3, -0.25) is 14.4 Å². The number of aromatic nitrogens is 2. The Kier molecular flexibility index (Phi) is 6.98. The maximum atomic E-state index is 12.8. The molecule has 0 bridgehead atoms. The van der Waals surface area contributed by atoms with E-state index in [0.29, 0.717) is 29.6 Å². The fourth-order valence-corrected chi connectivity index (χ4v) is 5.46. The van der Waals surface area contributed by atoms with Gasteiger partial charge < -0.3 is 10.1 Å². The Labute approximate surface area is 182 Å². The van der Waals surface area contributed by atoms with Gasteiger partial charge in [-0.2, -0.15) is 5.10 Å². The second kappa shape index (κ2) is 9.31. The lowest BCUT2D eigenvalue weighted by molar-refractivity contribution is -0.117. The number of hydrogen-bond donors (Lipinski definition) is 1. The largest absolute Gasteiger partial charge is 0.462 e. The summed E-state index contributed by atoms with van der Waals surface area (Å²) in [6.45, 7) is 9.23. The van der Waals surface area contributed by atoms with Gasteiger partial charge in [-0.1, -0.05) is 6.92 Å². The molecule has 1 amide bonds. The summed E-state index contributed by atoms with van der Waals surface area (Å²) < 4.78 is 7.15. The van der Waals surface area contributed by atoms with E-state index in [1.807, 2.05) is 37.5 Å². The van der Waals surface area contributed by atoms with Gasteiger partial charge in [0, 0.05) is 29.7 Å². The van der Waals surface area contributed by atoms with Gasteiger partial charge in [-0.05, 0) is 58.6 Å². The van der Waals surface area contributed by atoms with Crippen molar-refractivity contribution in [1.29, 1.82) is 0 Å². The number of aryl methyl sites for hydroxylation is 2. The lowest BCUT2D eigenvalue weighted by atomic mass is 9.88. The normalized spacial score (nSPS) is 15.9. The van der Waals surface area contributed by atoms with Gasteiger partial charge in [0.15, 0.2) is 0 Å². The summed E-state index contributed by atoms with van der Waals surface area (Å²) in [4.78, 5) is 28.6. The third kappa shape index (κ3) is 4.75. The Hall–Kier alpha value is -2.19. The van der Waals surface area contributed by atoms with Crippen LogP contribution in [0, 0.1) is 19.8 Å². The van der Waals surface area contributed by atoms with Crippen molar-refractivity contribution < 1.29 is 14.3 Å². The van der Waals surface area contributed by atoms with E-state index in [2.05, 4.69) is 17.3 Å². The summed E-state index contributed by atoms with van der Waals surface area (Å²) in [5, 5.41) is 8.06. The van der Waals surface area contributed by atoms with Gasteiger partial charge in [0.2, 0.25) is 5.91 Å². The number of amides is 1. The van der Waals surface area contributed by atoms with Crippen molar-refractivity contribution in [1.82, 2.24) is 14.7 Å². The van der Waals surface area contributed by atoms with Gasteiger partial charge in [0.1, 0.15) is 5.00 Å². The van der Waals surface area contributed by atoms with Crippen LogP contribution in [0.1, 0.15) is 58.0 Å². The molecule has 30 heavy (non-hydrogen) atoms. The zero-order chi connectivity index (χ0) is 22.0. The number of esters is 1. The number of hydrogen-bond acceptors (Lipinski definition) is 6. The number of nitrogens with one attached hydrogen (secondary N) is 1. The monoisotopic (exact) mass is 432 g/mol. The summed E-state index contributed by atoms with van der Waals surface area (Å²) >= 11 is 1.52. The van der Waals surface area contributed by atoms with Crippen molar-refractivity contribution >= 4 is 28.2 Å². The highest BCUT2D eigenvalue weighted by molar-refractivity contribution is 7.17. The van der Waals surface area contributed by atoms with Crippen molar-refractivity contribution in [3.05, 3.63) is 33.0 Å². The molecule has 1 atom stereocenters. The van der Waals surface area contributed by atoms with E-state index in [9.17, 15) is 9.59 Å². The van der Waals surface area contributed by atoms with Gasteiger partial charge in [0.05, 0.1) is 24.4 Å². The molecule has 164 valence electrons. The van der Waals surface area contributed by atoms with Crippen molar-refractivity contribution in [3.8, 4) is 0 Å². The number of carbonyl (C=O) groups is 2. The standard InChI is InChI=1S/C22H32N4O3S/c1-7-29-22(28)20-16-9-8-13(2)10-18(16)30-21(20)23-19(27)12-25(5)11-17-14(3)24-26(6)15(17)4/h13H,7-12H2,1-6H3,(H,23,27). The highest BCUT2D eigenvalue weighted by Crippen LogP contribution is 2.40. The molecule has 8 heteroatoms. The molecule has 0 radical (unpaired) electrons. The molecule has 3 rings (SSSR count). The summed E-state index contributed by atoms with van der Waals surface area (Å²) in [5.74, 6) is 0.121. The molecule has 0 saturated heterocycles. The van der Waals surface area contributed by atoms with Gasteiger partial charge >= 0.3 is 5.97 Å². The molecule has 0 aliphatic heterocycles. The van der Waals surface area contributed by atoms with Gasteiger partial charge in [-0.15, -0.1) is 11.3 Å². The molecule has 0 aromatic carbocycles. The van der Waals surface area contributed by atoms with Crippen molar-refractivity contribution in [3.63, 3.8) is 0 Å². The van der Waals surface area contributed by atoms with Crippen LogP contribution in [0.25, 0.3) is 0 Å². The Morgan fingerprint density at radius 1 is 1.37 bits per heavy atom. The number of likely N-dealkylation sites (N-methyl/N-ethyl adjacent to an activating group) is 1. The number of fused-ring (bicyclic) bond motifs is 1. The zero-order valence-corrected chi connectivity index (χ0v) is 19.6. The molecule has 2 aromatic heterocycles. The molecule has 0 spiro atoms. The van der Waals surface area contributed by atoms with Gasteiger partial charge in [-0.25, -0.2) is 4.79 Å². The van der Waals surface area contributed by atoms with E-state index in [1.54, 1.807) is 6.92 Å². The number of nitrogens with zero attached hydrogens (tertiary/aromatic N) is 3. The molecular formula is C22H32N4O3S. The third-order valence-electron chi connectivity index (χ3n) is 5.74. The lowest BCUT2D eigenvalue weighted by Crippen LogP contribution is -2.30. The first-order valence-corrected chi connectivity index (χ1v) is 11.3. The summed E-state index contributed by atoms with van der Waals surface area (Å²) in [6, 6.07) is 0. The first kappa shape index (κ1) is 22.5. The van der Waals surface area contributed by atoms with Crippen molar-refractivity contribution in [2.45, 2.75) is 53.5 Å². The summed E-state index contributed by atoms with van der Waals surface area (Å²) in [5.41, 5.74) is 4.83. The minimum Gasteiger partial charge on any atom is -0.462 e. The van der Waals surface area contributed by atoms with Crippen LogP contribution in [0.5, 0.6) is 0 Å². The maximum Gasteiger partial charge on any atom is 0.341 e. The number of rotatable bonds is 7. The molecule has 0 saturated carbocycles. The zero-order valence-electron chi connectivity index (χ0n) is 18.8. The molecule has 1 N–H and O–H groups in total. The number of anilines is 1. The topological polar surface area (TPSA) is 76.5 Å². The Balaban J connectivity index is 1.73. The first-order valence-electron chi connectivity index (χ1n) is 10.5. The molecule has 0 fully saturated rings. The van der Waals surface area contributed by atoms with Crippen LogP contribution in [-0.2, 0) is 36.0 Å². The quantitative estimate of drug-likeness (QED) is 0.678. The highest BCUT2D eigenvalue weighted by atomic mass is 32.1. The average molecular weight is 433 g/mol. The molecule has 2 heterocycles. The van der Waals surface area contributed by atoms with E-state index in [-0.39, 0.29) is 18.4 Å². The van der Waals surface area contributed by atoms with Crippen LogP contribution in [0.2, 0.25) is 0 Å². The van der Waals surface area contributed by atoms with E-state index >= 15 is 0 Å². The van der Waals surface area contributed by atoms with Crippen molar-refractivity contribution in [2.75, 3.05) is 25.5 Å². The van der Waals surface area contributed by atoms with E-state index in [1.165, 1.54) is 16.2 Å². The Morgan fingerprint density at radius 3 is 2.73 bits per heavy atom. The first-order chi connectivity index (χ1) is 14.2. The molecule has 7 nitrogen and oxygen atoms in total. The molecule has 1 aliphatic carbocycles. The SMILES string of the molecule is CCOC(=O)c1c(NC(=O)CN(C)Cc2c(C)nn(C)c2C)sc2c1CCC(C)C2. The van der Waals surface area contributed by atoms with E-state index in [0.717, 1.165) is 41.8 Å². The number of thiophene rings is 1. The fourth-order valence-electron chi connectivity index (χ4n) is 4.04. The van der Waals surface area contributed by atoms with Crippen LogP contribution < -0.4 is 5.32 Å². The summed E-state index contributed by atoms with van der Waals surface area (Å²) in [7, 11) is 3.84. The van der Waals surface area contributed by atoms with Crippen LogP contribution in [-0.4, -0.2) is 46.8 Å². The van der Waals surface area contributed by atoms with E-state index in [4.69, 9.17) is 4.74 Å². The average Bonchev–Trinajstić information content (AvgIpc) is 3.12. The highest BCUT2D eigenvalue weighted by Gasteiger charge is 2.29. The van der Waals surface area contributed by atoms with Crippen LogP contribution >= 0.6 is 11.3 Å². The number of carbonyl (C=O) groups excluding carboxylic acids is 2. The Morgan fingerprint density at radius 2 is 2.10 bits per heavy atom. The van der Waals surface area contributed by atoms with Crippen molar-refractivity contribution in [2.24, 2.45) is 13.0 Å². The minimum atomic E-state index is -0.338. The second-order valence-electron chi connectivity index (χ2n) is 8.27. The summed E-state index contributed by atoms with van der Waals surface area (Å²) in [6.07, 6.45) is 2.86. The molecule has 2 aromatic rings. The molecule has 1 aliphatic rings. The maximum absolute atomic E-state index is 12.8. The Bertz CT molecular complexity index is 947. The smallest absolute Gasteiger partial charge is 0.341 e. The van der Waals surface area contributed by atoms with Crippen LogP contribution in [0.3, 0.4) is 0 Å². The second-order valence-corrected chi connectivity index (χ2v) is 9.37. The predicted octanol–water partition coefficient (Wildman–Crippen LogP) is 3.47. The lowest BCUT2D eigenvalue weighted by Gasteiger charge is -2.18. The minimum absolute atomic E-state index is 0.131. The van der Waals surface area contributed by atoms with Crippen LogP contribution in [0.15, 0.2) is 0 Å². The van der Waals surface area contributed by atoms with Crippen LogP contribution in [0.4, 0.5) is 5.00 Å².